The van der Waals surface area contributed by atoms with Gasteiger partial charge < -0.3 is 14.8 Å². The molecule has 1 atom stereocenters. The van der Waals surface area contributed by atoms with E-state index in [-0.39, 0.29) is 6.04 Å². The molecule has 3 rings (SSSR count). The van der Waals surface area contributed by atoms with Crippen LogP contribution in [0.1, 0.15) is 23.6 Å². The van der Waals surface area contributed by atoms with Gasteiger partial charge in [-0.3, -0.25) is 0 Å². The van der Waals surface area contributed by atoms with Gasteiger partial charge in [-0.15, -0.1) is 0 Å². The highest BCUT2D eigenvalue weighted by atomic mass is 79.9. The third-order valence-electron chi connectivity index (χ3n) is 3.79. The summed E-state index contributed by atoms with van der Waals surface area (Å²) < 4.78 is 12.1. The summed E-state index contributed by atoms with van der Waals surface area (Å²) in [6, 6.07) is 12.5. The van der Waals surface area contributed by atoms with Crippen LogP contribution in [0.3, 0.4) is 0 Å². The Balaban J connectivity index is 1.92. The van der Waals surface area contributed by atoms with Crippen LogP contribution in [0, 0.1) is 6.92 Å². The number of rotatable bonds is 3. The lowest BCUT2D eigenvalue weighted by Crippen LogP contribution is -2.20. The van der Waals surface area contributed by atoms with E-state index >= 15 is 0 Å². The van der Waals surface area contributed by atoms with Crippen LogP contribution in [-0.2, 0) is 0 Å². The first-order valence-corrected chi connectivity index (χ1v) is 7.80. The van der Waals surface area contributed by atoms with Crippen molar-refractivity contribution in [1.82, 2.24) is 0 Å². The molecule has 0 radical (unpaired) electrons. The van der Waals surface area contributed by atoms with Crippen LogP contribution in [0.4, 0.5) is 5.69 Å². The summed E-state index contributed by atoms with van der Waals surface area (Å²) in [5, 5.41) is 3.63. The summed E-state index contributed by atoms with van der Waals surface area (Å²) in [6.07, 6.45) is 0.937. The molecule has 0 bridgehead atoms. The molecular formula is C17H18BrNO2. The Morgan fingerprint density at radius 3 is 2.90 bits per heavy atom. The molecule has 0 aromatic heterocycles. The van der Waals surface area contributed by atoms with Gasteiger partial charge in [-0.2, -0.15) is 0 Å². The molecule has 21 heavy (non-hydrogen) atoms. The molecule has 1 aliphatic rings. The number of hydrogen-bond donors (Lipinski definition) is 1. The molecule has 3 nitrogen and oxygen atoms in total. The summed E-state index contributed by atoms with van der Waals surface area (Å²) in [5.41, 5.74) is 3.53. The fraction of sp³-hybridized carbons (Fsp3) is 0.294. The van der Waals surface area contributed by atoms with E-state index in [4.69, 9.17) is 9.47 Å². The highest BCUT2D eigenvalue weighted by Gasteiger charge is 2.22. The third-order valence-corrected chi connectivity index (χ3v) is 4.28. The fourth-order valence-electron chi connectivity index (χ4n) is 2.59. The minimum absolute atomic E-state index is 0.233. The van der Waals surface area contributed by atoms with Crippen LogP contribution in [0.5, 0.6) is 11.5 Å². The van der Waals surface area contributed by atoms with E-state index in [1.807, 2.05) is 12.1 Å². The first-order chi connectivity index (χ1) is 10.2. The van der Waals surface area contributed by atoms with Crippen molar-refractivity contribution in [1.29, 1.82) is 0 Å². The van der Waals surface area contributed by atoms with E-state index in [0.717, 1.165) is 40.3 Å². The van der Waals surface area contributed by atoms with Crippen LogP contribution in [0.25, 0.3) is 0 Å². The van der Waals surface area contributed by atoms with Gasteiger partial charge in [-0.25, -0.2) is 0 Å². The smallest absolute Gasteiger partial charge is 0.124 e. The standard InChI is InChI=1S/C17H18BrNO2/c1-11-3-4-12(18)9-16(11)19-15-7-8-21-17-6-5-13(20-2)10-14(15)17/h3-6,9-10,15,19H,7-8H2,1-2H3. The second-order valence-electron chi connectivity index (χ2n) is 5.20. The molecule has 1 heterocycles. The van der Waals surface area contributed by atoms with Crippen molar-refractivity contribution in [2.24, 2.45) is 0 Å². The molecule has 110 valence electrons. The zero-order chi connectivity index (χ0) is 14.8. The maximum Gasteiger partial charge on any atom is 0.124 e. The molecule has 4 heteroatoms. The Morgan fingerprint density at radius 1 is 1.24 bits per heavy atom. The maximum absolute atomic E-state index is 5.74. The average molecular weight is 348 g/mol. The molecule has 1 N–H and O–H groups in total. The number of methoxy groups -OCH3 is 1. The van der Waals surface area contributed by atoms with Gasteiger partial charge in [0.1, 0.15) is 11.5 Å². The molecule has 2 aromatic carbocycles. The Kier molecular flexibility index (Phi) is 4.06. The number of ether oxygens (including phenoxy) is 2. The molecule has 0 saturated heterocycles. The molecule has 0 aliphatic carbocycles. The minimum atomic E-state index is 0.233. The molecule has 2 aromatic rings. The number of aryl methyl sites for hydroxylation is 1. The largest absolute Gasteiger partial charge is 0.497 e. The molecule has 0 amide bonds. The topological polar surface area (TPSA) is 30.5 Å². The lowest BCUT2D eigenvalue weighted by atomic mass is 9.99. The summed E-state index contributed by atoms with van der Waals surface area (Å²) in [5.74, 6) is 1.80. The molecule has 0 fully saturated rings. The molecular weight excluding hydrogens is 330 g/mol. The van der Waals surface area contributed by atoms with E-state index in [9.17, 15) is 0 Å². The Labute approximate surface area is 133 Å². The lowest BCUT2D eigenvalue weighted by molar-refractivity contribution is 0.273. The van der Waals surface area contributed by atoms with Crippen LogP contribution in [-0.4, -0.2) is 13.7 Å². The predicted octanol–water partition coefficient (Wildman–Crippen LogP) is 4.70. The minimum Gasteiger partial charge on any atom is -0.497 e. The summed E-state index contributed by atoms with van der Waals surface area (Å²) in [6.45, 7) is 2.84. The van der Waals surface area contributed by atoms with Gasteiger partial charge in [-0.1, -0.05) is 22.0 Å². The van der Waals surface area contributed by atoms with Gasteiger partial charge in [-0.05, 0) is 42.8 Å². The van der Waals surface area contributed by atoms with E-state index in [0.29, 0.717) is 0 Å². The van der Waals surface area contributed by atoms with Crippen LogP contribution in [0.15, 0.2) is 40.9 Å². The van der Waals surface area contributed by atoms with E-state index in [2.05, 4.69) is 52.4 Å². The van der Waals surface area contributed by atoms with Gasteiger partial charge in [0, 0.05) is 22.1 Å². The summed E-state index contributed by atoms with van der Waals surface area (Å²) in [7, 11) is 1.69. The lowest BCUT2D eigenvalue weighted by Gasteiger charge is -2.28. The SMILES string of the molecule is COc1ccc2c(c1)C(Nc1cc(Br)ccc1C)CCO2. The fourth-order valence-corrected chi connectivity index (χ4v) is 2.95. The van der Waals surface area contributed by atoms with Crippen molar-refractivity contribution in [2.75, 3.05) is 19.0 Å². The quantitative estimate of drug-likeness (QED) is 0.872. The van der Waals surface area contributed by atoms with Gasteiger partial charge >= 0.3 is 0 Å². The Bertz CT molecular complexity index is 657. The van der Waals surface area contributed by atoms with Gasteiger partial charge in [0.05, 0.1) is 19.8 Å². The predicted molar refractivity (Wildman–Crippen MR) is 88.3 cm³/mol. The zero-order valence-electron chi connectivity index (χ0n) is 12.2. The van der Waals surface area contributed by atoms with Crippen molar-refractivity contribution in [2.45, 2.75) is 19.4 Å². The van der Waals surface area contributed by atoms with Crippen molar-refractivity contribution in [3.63, 3.8) is 0 Å². The van der Waals surface area contributed by atoms with Gasteiger partial charge in [0.15, 0.2) is 0 Å². The highest BCUT2D eigenvalue weighted by Crippen LogP contribution is 2.37. The molecule has 1 aliphatic heterocycles. The summed E-state index contributed by atoms with van der Waals surface area (Å²) >= 11 is 3.53. The number of benzene rings is 2. The average Bonchev–Trinajstić information content (AvgIpc) is 2.51. The van der Waals surface area contributed by atoms with E-state index < -0.39 is 0 Å². The monoisotopic (exact) mass is 347 g/mol. The van der Waals surface area contributed by atoms with Crippen LogP contribution in [0.2, 0.25) is 0 Å². The number of hydrogen-bond acceptors (Lipinski definition) is 3. The van der Waals surface area contributed by atoms with Crippen LogP contribution < -0.4 is 14.8 Å². The normalized spacial score (nSPS) is 16.8. The maximum atomic E-state index is 5.74. The highest BCUT2D eigenvalue weighted by molar-refractivity contribution is 9.10. The number of fused-ring (bicyclic) bond motifs is 1. The molecule has 0 saturated carbocycles. The first-order valence-electron chi connectivity index (χ1n) is 7.01. The number of anilines is 1. The Morgan fingerprint density at radius 2 is 2.10 bits per heavy atom. The number of halogens is 1. The third kappa shape index (κ3) is 3.00. The zero-order valence-corrected chi connectivity index (χ0v) is 13.7. The summed E-state index contributed by atoms with van der Waals surface area (Å²) in [4.78, 5) is 0. The number of nitrogens with one attached hydrogen (secondary N) is 1. The van der Waals surface area contributed by atoms with E-state index in [1.165, 1.54) is 5.56 Å². The Hall–Kier alpha value is -1.68. The first kappa shape index (κ1) is 14.3. The van der Waals surface area contributed by atoms with Gasteiger partial charge in [0.2, 0.25) is 0 Å². The molecule has 1 unspecified atom stereocenters. The van der Waals surface area contributed by atoms with Crippen molar-refractivity contribution >= 4 is 21.6 Å². The second kappa shape index (κ2) is 5.98. The van der Waals surface area contributed by atoms with Gasteiger partial charge in [0.25, 0.3) is 0 Å². The van der Waals surface area contributed by atoms with Crippen molar-refractivity contribution in [3.05, 3.63) is 52.0 Å². The van der Waals surface area contributed by atoms with Crippen LogP contribution >= 0.6 is 15.9 Å². The van der Waals surface area contributed by atoms with E-state index in [1.54, 1.807) is 7.11 Å². The van der Waals surface area contributed by atoms with Crippen molar-refractivity contribution in [3.8, 4) is 11.5 Å². The van der Waals surface area contributed by atoms with Crippen molar-refractivity contribution < 1.29 is 9.47 Å². The second-order valence-corrected chi connectivity index (χ2v) is 6.11. The molecule has 0 spiro atoms.